The predicted octanol–water partition coefficient (Wildman–Crippen LogP) is 4.93. The summed E-state index contributed by atoms with van der Waals surface area (Å²) in [5.41, 5.74) is 6.59. The van der Waals surface area contributed by atoms with E-state index in [0.717, 1.165) is 10.7 Å². The molecular formula is C20H21Cl3F3N5O3. The van der Waals surface area contributed by atoms with Crippen molar-refractivity contribution in [3.8, 4) is 5.88 Å². The van der Waals surface area contributed by atoms with Gasteiger partial charge in [-0.2, -0.15) is 13.2 Å². The van der Waals surface area contributed by atoms with Crippen molar-refractivity contribution in [1.29, 1.82) is 0 Å². The molecule has 1 heterocycles. The molecule has 186 valence electrons. The van der Waals surface area contributed by atoms with Crippen LogP contribution in [0.5, 0.6) is 5.88 Å². The molecule has 0 aliphatic rings. The number of nitrogens with zero attached hydrogens (tertiary/aromatic N) is 2. The summed E-state index contributed by atoms with van der Waals surface area (Å²) in [4.78, 5) is 22.3. The largest absolute Gasteiger partial charge is 0.467 e. The highest BCUT2D eigenvalue weighted by Crippen LogP contribution is 2.29. The van der Waals surface area contributed by atoms with Gasteiger partial charge in [-0.3, -0.25) is 9.59 Å². The number of anilines is 1. The summed E-state index contributed by atoms with van der Waals surface area (Å²) in [5.74, 6) is -0.704. The number of carbonyl (C=O) groups is 2. The van der Waals surface area contributed by atoms with Gasteiger partial charge in [0.25, 0.3) is 5.91 Å². The number of nitrogens with two attached hydrogens (primary N) is 1. The van der Waals surface area contributed by atoms with Gasteiger partial charge in [0.2, 0.25) is 5.88 Å². The molecule has 0 aliphatic heterocycles. The van der Waals surface area contributed by atoms with Gasteiger partial charge in [0.1, 0.15) is 11.5 Å². The molecule has 0 radical (unpaired) electrons. The molecule has 0 saturated carbocycles. The van der Waals surface area contributed by atoms with Crippen molar-refractivity contribution in [1.82, 2.24) is 15.1 Å². The van der Waals surface area contributed by atoms with E-state index in [4.69, 9.17) is 40.5 Å². The molecule has 1 aromatic carbocycles. The lowest BCUT2D eigenvalue weighted by Crippen LogP contribution is -2.19. The maximum absolute atomic E-state index is 12.0. The van der Waals surface area contributed by atoms with Crippen molar-refractivity contribution >= 4 is 58.5 Å². The first-order valence-electron chi connectivity index (χ1n) is 9.30. The first kappa shape index (κ1) is 29.1. The van der Waals surface area contributed by atoms with Crippen LogP contribution >= 0.6 is 34.8 Å². The second-order valence-electron chi connectivity index (χ2n) is 6.21. The molecule has 2 aromatic rings. The summed E-state index contributed by atoms with van der Waals surface area (Å²) in [6.07, 6.45) is -1.08. The fourth-order valence-corrected chi connectivity index (χ4v) is 3.14. The second kappa shape index (κ2) is 13.1. The van der Waals surface area contributed by atoms with Gasteiger partial charge in [0.05, 0.1) is 21.3 Å². The molecule has 0 unspecified atom stereocenters. The maximum atomic E-state index is 12.0. The molecule has 0 atom stereocenters. The Bertz CT molecular complexity index is 1090. The number of rotatable bonds is 7. The number of benzene rings is 1. The first-order valence-corrected chi connectivity index (χ1v) is 10.4. The number of ether oxygens (including phenoxy) is 1. The number of aldehydes is 1. The van der Waals surface area contributed by atoms with E-state index in [9.17, 15) is 22.8 Å². The molecule has 2 rings (SSSR count). The van der Waals surface area contributed by atoms with E-state index in [0.29, 0.717) is 27.6 Å². The Kier molecular flexibility index (Phi) is 11.2. The average Bonchev–Trinajstić information content (AvgIpc) is 3.19. The minimum absolute atomic E-state index is 0.0812. The minimum Gasteiger partial charge on any atom is -0.467 e. The fraction of sp³-hybridized carbons (Fsp3) is 0.250. The smallest absolute Gasteiger partial charge is 0.422 e. The van der Waals surface area contributed by atoms with Crippen molar-refractivity contribution in [3.63, 3.8) is 0 Å². The summed E-state index contributed by atoms with van der Waals surface area (Å²) < 4.78 is 41.4. The fourth-order valence-electron chi connectivity index (χ4n) is 2.35. The summed E-state index contributed by atoms with van der Waals surface area (Å²) in [5, 5.41) is 9.97. The van der Waals surface area contributed by atoms with Crippen LogP contribution in [0.25, 0.3) is 5.82 Å². The summed E-state index contributed by atoms with van der Waals surface area (Å²) >= 11 is 17.5. The highest BCUT2D eigenvalue weighted by Gasteiger charge is 2.29. The average molecular weight is 543 g/mol. The van der Waals surface area contributed by atoms with Crippen LogP contribution in [0.15, 0.2) is 35.4 Å². The van der Waals surface area contributed by atoms with E-state index in [1.807, 2.05) is 0 Å². The molecule has 8 nitrogen and oxygen atoms in total. The van der Waals surface area contributed by atoms with Crippen molar-refractivity contribution in [3.05, 3.63) is 56.7 Å². The molecule has 0 fully saturated rings. The van der Waals surface area contributed by atoms with Crippen molar-refractivity contribution < 1.29 is 27.5 Å². The van der Waals surface area contributed by atoms with Gasteiger partial charge in [0, 0.05) is 25.2 Å². The zero-order valence-electron chi connectivity index (χ0n) is 18.1. The molecule has 1 aromatic heterocycles. The molecule has 14 heteroatoms. The van der Waals surface area contributed by atoms with Crippen LogP contribution in [0, 0.1) is 0 Å². The standard InChI is InChI=1S/C11H11ClF3N3O2.C9H10Cl2N2O/c1-2-3-8(12)10(16)18-7(5-19)4-9(17-18)20-6-11(13,14)15;1-12-8-6(9(14)13-2)3-5(10)4-7(8)11/h2-5H,6,16H2,1H3;3-4,12H,1-2H3,(H,13,14)/b3-2-,10-8-;. The van der Waals surface area contributed by atoms with Crippen LogP contribution in [0.2, 0.25) is 10.0 Å². The lowest BCUT2D eigenvalue weighted by molar-refractivity contribution is -0.154. The lowest BCUT2D eigenvalue weighted by atomic mass is 10.1. The Balaban J connectivity index is 0.000000362. The van der Waals surface area contributed by atoms with Gasteiger partial charge in [-0.05, 0) is 25.1 Å². The third-order valence-electron chi connectivity index (χ3n) is 3.78. The molecule has 0 spiro atoms. The molecule has 0 saturated heterocycles. The van der Waals surface area contributed by atoms with Crippen molar-refractivity contribution in [2.75, 3.05) is 26.0 Å². The second-order valence-corrected chi connectivity index (χ2v) is 7.46. The van der Waals surface area contributed by atoms with Crippen molar-refractivity contribution in [2.24, 2.45) is 5.73 Å². The van der Waals surface area contributed by atoms with Crippen LogP contribution < -0.4 is 21.1 Å². The monoisotopic (exact) mass is 541 g/mol. The van der Waals surface area contributed by atoms with E-state index >= 15 is 0 Å². The molecular weight excluding hydrogens is 522 g/mol. The van der Waals surface area contributed by atoms with Crippen LogP contribution in [-0.4, -0.2) is 48.9 Å². The van der Waals surface area contributed by atoms with Gasteiger partial charge < -0.3 is 21.1 Å². The Morgan fingerprint density at radius 3 is 2.41 bits per heavy atom. The normalized spacial score (nSPS) is 11.9. The van der Waals surface area contributed by atoms with Gasteiger partial charge >= 0.3 is 6.18 Å². The van der Waals surface area contributed by atoms with E-state index in [2.05, 4.69) is 20.5 Å². The summed E-state index contributed by atoms with van der Waals surface area (Å²) in [6.45, 7) is 0.172. The number of carbonyl (C=O) groups excluding carboxylic acids is 2. The Morgan fingerprint density at radius 1 is 1.26 bits per heavy atom. The van der Waals surface area contributed by atoms with Crippen molar-refractivity contribution in [2.45, 2.75) is 13.1 Å². The number of hydrogen-bond donors (Lipinski definition) is 3. The topological polar surface area (TPSA) is 111 Å². The highest BCUT2D eigenvalue weighted by molar-refractivity contribution is 6.37. The molecule has 34 heavy (non-hydrogen) atoms. The molecule has 4 N–H and O–H groups in total. The first-order chi connectivity index (χ1) is 15.9. The van der Waals surface area contributed by atoms with Crippen LogP contribution in [0.3, 0.4) is 0 Å². The maximum Gasteiger partial charge on any atom is 0.422 e. The third-order valence-corrected chi connectivity index (χ3v) is 4.62. The predicted molar refractivity (Wildman–Crippen MR) is 127 cm³/mol. The Hall–Kier alpha value is -2.89. The van der Waals surface area contributed by atoms with Crippen LogP contribution in [0.4, 0.5) is 18.9 Å². The zero-order valence-corrected chi connectivity index (χ0v) is 20.4. The summed E-state index contributed by atoms with van der Waals surface area (Å²) in [7, 11) is 3.25. The Morgan fingerprint density at radius 2 is 1.91 bits per heavy atom. The van der Waals surface area contributed by atoms with E-state index in [-0.39, 0.29) is 28.3 Å². The van der Waals surface area contributed by atoms with Gasteiger partial charge in [-0.15, -0.1) is 5.10 Å². The summed E-state index contributed by atoms with van der Waals surface area (Å²) in [6, 6.07) is 4.19. The van der Waals surface area contributed by atoms with Crippen LogP contribution in [-0.2, 0) is 0 Å². The highest BCUT2D eigenvalue weighted by atomic mass is 35.5. The Labute approximate surface area is 208 Å². The number of hydrogen-bond acceptors (Lipinski definition) is 6. The van der Waals surface area contributed by atoms with Gasteiger partial charge in [-0.1, -0.05) is 40.9 Å². The van der Waals surface area contributed by atoms with E-state index in [1.54, 1.807) is 39.2 Å². The van der Waals surface area contributed by atoms with E-state index < -0.39 is 12.8 Å². The number of amides is 1. The molecule has 0 bridgehead atoms. The lowest BCUT2D eigenvalue weighted by Gasteiger charge is -2.10. The van der Waals surface area contributed by atoms with Crippen LogP contribution in [0.1, 0.15) is 27.8 Å². The number of nitrogens with one attached hydrogen (secondary N) is 2. The quantitative estimate of drug-likeness (QED) is 0.338. The SMILES string of the molecule is C/C=C\C(Cl)=C(/N)n1nc(OCC(F)(F)F)cc1C=O.CNC(=O)c1cc(Cl)cc(Cl)c1NC. The molecule has 0 aliphatic carbocycles. The minimum atomic E-state index is -4.50. The number of halogens is 6. The number of allylic oxidation sites excluding steroid dienone is 3. The van der Waals surface area contributed by atoms with Gasteiger partial charge in [-0.25, -0.2) is 4.68 Å². The number of alkyl halides is 3. The molecule has 1 amide bonds. The van der Waals surface area contributed by atoms with E-state index in [1.165, 1.54) is 6.08 Å². The zero-order chi connectivity index (χ0) is 26.1. The number of aromatic nitrogens is 2. The third kappa shape index (κ3) is 8.47. The van der Waals surface area contributed by atoms with Gasteiger partial charge in [0.15, 0.2) is 12.9 Å².